The predicted molar refractivity (Wildman–Crippen MR) is 119 cm³/mol. The smallest absolute Gasteiger partial charge is 0.119 e. The summed E-state index contributed by atoms with van der Waals surface area (Å²) >= 11 is 0. The van der Waals surface area contributed by atoms with E-state index in [1.165, 1.54) is 5.69 Å². The number of carbonyl (C=O) groups is 1. The Morgan fingerprint density at radius 2 is 1.61 bits per heavy atom. The lowest BCUT2D eigenvalue weighted by Crippen LogP contribution is -2.51. The van der Waals surface area contributed by atoms with E-state index in [9.17, 15) is 4.21 Å². The first kappa shape index (κ1) is 24.5. The second-order valence-electron chi connectivity index (χ2n) is 6.34. The molecule has 0 spiro atoms. The summed E-state index contributed by atoms with van der Waals surface area (Å²) < 4.78 is 26.2. The van der Waals surface area contributed by atoms with Crippen LogP contribution in [0.2, 0.25) is 0 Å². The van der Waals surface area contributed by atoms with Crippen LogP contribution >= 0.6 is 0 Å². The van der Waals surface area contributed by atoms with Crippen molar-refractivity contribution in [3.8, 4) is 5.75 Å². The molecule has 0 bridgehead atoms. The van der Waals surface area contributed by atoms with E-state index in [1.54, 1.807) is 0 Å². The summed E-state index contributed by atoms with van der Waals surface area (Å²) in [4.78, 5) is 10.3. The molecule has 0 radical (unpaired) electrons. The lowest BCUT2D eigenvalue weighted by atomic mass is 10.2. The number of anilines is 1. The van der Waals surface area contributed by atoms with E-state index in [-0.39, 0.29) is 5.25 Å². The van der Waals surface area contributed by atoms with Gasteiger partial charge in [-0.1, -0.05) is 13.8 Å². The molecular formula is C21H36N2O4S. The second-order valence-corrected chi connectivity index (χ2v) is 8.91. The molecule has 7 heteroatoms. The Bertz CT molecular complexity index is 635. The molecule has 1 aromatic rings. The average molecular weight is 413 g/mol. The highest BCUT2D eigenvalue weighted by atomic mass is 32.2. The molecule has 1 atom stereocenters. The van der Waals surface area contributed by atoms with Gasteiger partial charge >= 0.3 is 0 Å². The van der Waals surface area contributed by atoms with Gasteiger partial charge in [-0.25, -0.2) is 4.31 Å². The van der Waals surface area contributed by atoms with E-state index in [1.807, 2.05) is 39.7 Å². The fraction of sp³-hybridized carbons (Fsp3) is 0.619. The number of piperazine rings is 1. The molecule has 0 saturated carbocycles. The number of benzene rings is 1. The van der Waals surface area contributed by atoms with Gasteiger partial charge in [-0.15, -0.1) is 0 Å². The van der Waals surface area contributed by atoms with Crippen molar-refractivity contribution in [1.29, 1.82) is 0 Å². The van der Waals surface area contributed by atoms with Crippen molar-refractivity contribution in [2.24, 2.45) is 0 Å². The zero-order chi connectivity index (χ0) is 21.0. The van der Waals surface area contributed by atoms with Crippen LogP contribution in [0.5, 0.6) is 5.75 Å². The highest BCUT2D eigenvalue weighted by Gasteiger charge is 2.30. The molecule has 28 heavy (non-hydrogen) atoms. The summed E-state index contributed by atoms with van der Waals surface area (Å²) in [6.07, 6.45) is 1.73. The first-order valence-electron chi connectivity index (χ1n) is 10.1. The molecule has 2 saturated heterocycles. The van der Waals surface area contributed by atoms with Gasteiger partial charge in [0.05, 0.1) is 6.61 Å². The van der Waals surface area contributed by atoms with Crippen molar-refractivity contribution in [2.45, 2.75) is 38.9 Å². The number of rotatable bonds is 5. The normalized spacial score (nSPS) is 20.0. The molecule has 0 aliphatic carbocycles. The van der Waals surface area contributed by atoms with Crippen LogP contribution in [0, 0.1) is 0 Å². The number of ether oxygens (including phenoxy) is 2. The third-order valence-electron chi connectivity index (χ3n) is 4.88. The predicted octanol–water partition coefficient (Wildman–Crippen LogP) is 2.86. The van der Waals surface area contributed by atoms with Gasteiger partial charge in [0.15, 0.2) is 0 Å². The Kier molecular flexibility index (Phi) is 11.2. The summed E-state index contributed by atoms with van der Waals surface area (Å²) in [6.45, 7) is 13.4. The van der Waals surface area contributed by atoms with Gasteiger partial charge in [-0.05, 0) is 49.9 Å². The maximum atomic E-state index is 13.2. The quantitative estimate of drug-likeness (QED) is 0.696. The zero-order valence-corrected chi connectivity index (χ0v) is 18.4. The van der Waals surface area contributed by atoms with Crippen LogP contribution in [0.4, 0.5) is 5.69 Å². The lowest BCUT2D eigenvalue weighted by Gasteiger charge is -2.40. The first-order chi connectivity index (χ1) is 13.6. The SMILES string of the molecule is C=O.C=S(=O)(C1CCOCC1)N1CCN(c2ccc(OCC)cc2)CC1.CC. The van der Waals surface area contributed by atoms with Crippen molar-refractivity contribution < 1.29 is 18.5 Å². The van der Waals surface area contributed by atoms with E-state index < -0.39 is 9.71 Å². The van der Waals surface area contributed by atoms with Crippen molar-refractivity contribution in [2.75, 3.05) is 50.9 Å². The standard InChI is InChI=1S/C18H28N2O3S.C2H6.CH2O/c1-3-23-17-6-4-16(5-7-17)19-10-12-20(13-11-19)24(2,21)18-8-14-22-15-9-18;2*1-2/h4-7,18H,2-3,8-15H2,1H3;1-2H3;1H2. The molecule has 2 aliphatic rings. The third-order valence-corrected chi connectivity index (χ3v) is 7.63. The van der Waals surface area contributed by atoms with Gasteiger partial charge in [0.2, 0.25) is 0 Å². The molecule has 160 valence electrons. The molecule has 2 aliphatic heterocycles. The second kappa shape index (κ2) is 12.8. The molecule has 0 amide bonds. The molecule has 2 heterocycles. The van der Waals surface area contributed by atoms with Crippen molar-refractivity contribution >= 4 is 28.1 Å². The lowest BCUT2D eigenvalue weighted by molar-refractivity contribution is -0.0979. The van der Waals surface area contributed by atoms with E-state index in [0.717, 1.165) is 44.8 Å². The van der Waals surface area contributed by atoms with Gasteiger partial charge in [0.25, 0.3) is 0 Å². The highest BCUT2D eigenvalue weighted by Crippen LogP contribution is 2.24. The van der Waals surface area contributed by atoms with Crippen LogP contribution in [-0.4, -0.2) is 72.4 Å². The number of carbonyl (C=O) groups excluding carboxylic acids is 1. The van der Waals surface area contributed by atoms with E-state index >= 15 is 0 Å². The topological polar surface area (TPSA) is 59.1 Å². The Balaban J connectivity index is 0.000000921. The Morgan fingerprint density at radius 3 is 2.11 bits per heavy atom. The van der Waals surface area contributed by atoms with Crippen LogP contribution in [0.3, 0.4) is 0 Å². The summed E-state index contributed by atoms with van der Waals surface area (Å²) in [5, 5.41) is 0.170. The van der Waals surface area contributed by atoms with E-state index in [4.69, 9.17) is 14.3 Å². The Hall–Kier alpha value is -1.57. The van der Waals surface area contributed by atoms with Crippen molar-refractivity contribution in [3.05, 3.63) is 24.3 Å². The molecule has 6 nitrogen and oxygen atoms in total. The number of hydrogen-bond acceptors (Lipinski definition) is 5. The Morgan fingerprint density at radius 1 is 1.07 bits per heavy atom. The van der Waals surface area contributed by atoms with Crippen molar-refractivity contribution in [1.82, 2.24) is 4.31 Å². The molecule has 3 rings (SSSR count). The van der Waals surface area contributed by atoms with Crippen LogP contribution in [0.15, 0.2) is 24.3 Å². The molecule has 0 N–H and O–H groups in total. The summed E-state index contributed by atoms with van der Waals surface area (Å²) in [6, 6.07) is 8.22. The van der Waals surface area contributed by atoms with E-state index in [0.29, 0.717) is 19.8 Å². The minimum Gasteiger partial charge on any atom is -0.494 e. The molecule has 1 aromatic carbocycles. The molecule has 2 fully saturated rings. The minimum absolute atomic E-state index is 0.170. The minimum atomic E-state index is -2.20. The first-order valence-corrected chi connectivity index (χ1v) is 11.8. The average Bonchev–Trinajstić information content (AvgIpc) is 2.78. The molecular weight excluding hydrogens is 376 g/mol. The fourth-order valence-electron chi connectivity index (χ4n) is 3.43. The van der Waals surface area contributed by atoms with Gasteiger partial charge in [0.1, 0.15) is 12.5 Å². The van der Waals surface area contributed by atoms with Crippen molar-refractivity contribution in [3.63, 3.8) is 0 Å². The van der Waals surface area contributed by atoms with Crippen LogP contribution in [0.25, 0.3) is 0 Å². The van der Waals surface area contributed by atoms with Gasteiger partial charge in [-0.2, -0.15) is 0 Å². The highest BCUT2D eigenvalue weighted by molar-refractivity contribution is 7.98. The monoisotopic (exact) mass is 412 g/mol. The fourth-order valence-corrected chi connectivity index (χ4v) is 5.56. The number of hydrogen-bond donors (Lipinski definition) is 0. The van der Waals surface area contributed by atoms with Gasteiger partial charge in [0, 0.05) is 60.0 Å². The van der Waals surface area contributed by atoms with Crippen LogP contribution in [-0.2, 0) is 19.2 Å². The Labute approximate surface area is 170 Å². The molecule has 0 aromatic heterocycles. The van der Waals surface area contributed by atoms with Crippen LogP contribution in [0.1, 0.15) is 33.6 Å². The maximum absolute atomic E-state index is 13.2. The summed E-state index contributed by atoms with van der Waals surface area (Å²) in [5.74, 6) is 5.01. The summed E-state index contributed by atoms with van der Waals surface area (Å²) in [7, 11) is -2.20. The number of nitrogens with zero attached hydrogens (tertiary/aromatic N) is 2. The van der Waals surface area contributed by atoms with E-state index in [2.05, 4.69) is 27.2 Å². The zero-order valence-electron chi connectivity index (χ0n) is 17.6. The largest absolute Gasteiger partial charge is 0.494 e. The third kappa shape index (κ3) is 6.50. The van der Waals surface area contributed by atoms with Gasteiger partial charge < -0.3 is 19.2 Å². The van der Waals surface area contributed by atoms with Gasteiger partial charge in [-0.3, -0.25) is 4.21 Å². The van der Waals surface area contributed by atoms with Crippen LogP contribution < -0.4 is 9.64 Å². The summed E-state index contributed by atoms with van der Waals surface area (Å²) in [5.41, 5.74) is 1.19. The molecule has 1 unspecified atom stereocenters. The maximum Gasteiger partial charge on any atom is 0.119 e.